The summed E-state index contributed by atoms with van der Waals surface area (Å²) < 4.78 is 10.8. The number of methoxy groups -OCH3 is 2. The zero-order valence-corrected chi connectivity index (χ0v) is 16.0. The van der Waals surface area contributed by atoms with Crippen LogP contribution in [0.4, 0.5) is 5.69 Å². The van der Waals surface area contributed by atoms with E-state index in [1.807, 2.05) is 0 Å². The van der Waals surface area contributed by atoms with Crippen molar-refractivity contribution in [1.82, 2.24) is 4.90 Å². The van der Waals surface area contributed by atoms with Gasteiger partial charge in [-0.15, -0.1) is 6.58 Å². The van der Waals surface area contributed by atoms with Gasteiger partial charge in [0.25, 0.3) is 11.8 Å². The summed E-state index contributed by atoms with van der Waals surface area (Å²) in [5.74, 6) is 0.489. The van der Waals surface area contributed by atoms with E-state index in [1.54, 1.807) is 63.7 Å². The van der Waals surface area contributed by atoms with Gasteiger partial charge in [-0.2, -0.15) is 0 Å². The fraction of sp³-hybridized carbons (Fsp3) is 0.238. The quantitative estimate of drug-likeness (QED) is 0.761. The molecule has 0 unspecified atom stereocenters. The Hall–Kier alpha value is -3.28. The Bertz CT molecular complexity index is 859. The lowest BCUT2D eigenvalue weighted by Gasteiger charge is -2.16. The summed E-state index contributed by atoms with van der Waals surface area (Å²) in [6.07, 6.45) is 2.25. The van der Waals surface area contributed by atoms with Gasteiger partial charge in [-0.1, -0.05) is 18.2 Å². The molecule has 0 aromatic heterocycles. The average Bonchev–Trinajstić information content (AvgIpc) is 2.67. The number of nitrogens with one attached hydrogen (secondary N) is 1. The molecule has 2 amide bonds. The molecule has 0 atom stereocenters. The number of carbonyl (C=O) groups excluding carboxylic acids is 2. The van der Waals surface area contributed by atoms with Crippen LogP contribution in [0.3, 0.4) is 0 Å². The van der Waals surface area contributed by atoms with E-state index in [4.69, 9.17) is 9.47 Å². The molecule has 0 spiro atoms. The number of benzene rings is 2. The van der Waals surface area contributed by atoms with Crippen molar-refractivity contribution in [1.29, 1.82) is 0 Å². The molecule has 0 saturated heterocycles. The second-order valence-electron chi connectivity index (χ2n) is 6.06. The molecular formula is C21H24N2O4. The first-order valence-corrected chi connectivity index (χ1v) is 8.40. The van der Waals surface area contributed by atoms with E-state index >= 15 is 0 Å². The summed E-state index contributed by atoms with van der Waals surface area (Å²) in [5, 5.41) is 2.81. The molecule has 2 rings (SSSR count). The predicted molar refractivity (Wildman–Crippen MR) is 106 cm³/mol. The highest BCUT2D eigenvalue weighted by molar-refractivity contribution is 6.09. The van der Waals surface area contributed by atoms with Crippen molar-refractivity contribution in [3.63, 3.8) is 0 Å². The van der Waals surface area contributed by atoms with E-state index in [0.717, 1.165) is 5.56 Å². The molecule has 2 aromatic carbocycles. The summed E-state index contributed by atoms with van der Waals surface area (Å²) in [5.41, 5.74) is 2.05. The summed E-state index contributed by atoms with van der Waals surface area (Å²) >= 11 is 0. The monoisotopic (exact) mass is 368 g/mol. The molecule has 27 heavy (non-hydrogen) atoms. The number of para-hydroxylation sites is 1. The second-order valence-corrected chi connectivity index (χ2v) is 6.06. The van der Waals surface area contributed by atoms with Crippen molar-refractivity contribution in [3.8, 4) is 11.5 Å². The van der Waals surface area contributed by atoms with Crippen LogP contribution in [-0.4, -0.2) is 45.0 Å². The molecule has 6 heteroatoms. The van der Waals surface area contributed by atoms with Crippen molar-refractivity contribution >= 4 is 17.5 Å². The Morgan fingerprint density at radius 2 is 1.85 bits per heavy atom. The van der Waals surface area contributed by atoms with Gasteiger partial charge in [0.2, 0.25) is 0 Å². The Balaban J connectivity index is 2.41. The number of amides is 2. The van der Waals surface area contributed by atoms with E-state index in [0.29, 0.717) is 34.7 Å². The van der Waals surface area contributed by atoms with Crippen LogP contribution in [0.15, 0.2) is 49.1 Å². The van der Waals surface area contributed by atoms with Gasteiger partial charge in [0.1, 0.15) is 0 Å². The number of nitrogens with zero attached hydrogens (tertiary/aromatic N) is 1. The lowest BCUT2D eigenvalue weighted by Crippen LogP contribution is -2.24. The van der Waals surface area contributed by atoms with Crippen molar-refractivity contribution in [2.24, 2.45) is 0 Å². The van der Waals surface area contributed by atoms with Crippen LogP contribution >= 0.6 is 0 Å². The zero-order chi connectivity index (χ0) is 20.0. The highest BCUT2D eigenvalue weighted by Crippen LogP contribution is 2.33. The van der Waals surface area contributed by atoms with Gasteiger partial charge in [-0.25, -0.2) is 0 Å². The van der Waals surface area contributed by atoms with Gasteiger partial charge in [-0.3, -0.25) is 9.59 Å². The number of ether oxygens (including phenoxy) is 2. The van der Waals surface area contributed by atoms with Crippen molar-refractivity contribution < 1.29 is 19.1 Å². The molecule has 1 N–H and O–H groups in total. The highest BCUT2D eigenvalue weighted by atomic mass is 16.5. The van der Waals surface area contributed by atoms with E-state index in [9.17, 15) is 9.59 Å². The molecule has 6 nitrogen and oxygen atoms in total. The minimum Gasteiger partial charge on any atom is -0.493 e. The Morgan fingerprint density at radius 1 is 1.15 bits per heavy atom. The van der Waals surface area contributed by atoms with E-state index < -0.39 is 0 Å². The Morgan fingerprint density at radius 3 is 2.44 bits per heavy atom. The summed E-state index contributed by atoms with van der Waals surface area (Å²) in [6, 6.07) is 10.2. The molecule has 0 radical (unpaired) electrons. The number of rotatable bonds is 7. The fourth-order valence-corrected chi connectivity index (χ4v) is 2.70. The number of carbonyl (C=O) groups is 2. The van der Waals surface area contributed by atoms with Crippen LogP contribution in [-0.2, 0) is 6.42 Å². The molecule has 0 aliphatic rings. The lowest BCUT2D eigenvalue weighted by atomic mass is 10.0. The summed E-state index contributed by atoms with van der Waals surface area (Å²) in [7, 11) is 6.39. The topological polar surface area (TPSA) is 67.9 Å². The number of anilines is 1. The van der Waals surface area contributed by atoms with Gasteiger partial charge in [-0.05, 0) is 30.7 Å². The van der Waals surface area contributed by atoms with Gasteiger partial charge < -0.3 is 19.7 Å². The van der Waals surface area contributed by atoms with Gasteiger partial charge >= 0.3 is 0 Å². The standard InChI is InChI=1S/C21H24N2O4/c1-6-9-14-12-15(13-18(26-4)19(14)27-5)20(24)22-17-11-8-7-10-16(17)21(25)23(2)3/h6-8,10-13H,1,9H2,2-5H3,(H,22,24). The molecule has 142 valence electrons. The van der Waals surface area contributed by atoms with Crippen molar-refractivity contribution in [2.45, 2.75) is 6.42 Å². The fourth-order valence-electron chi connectivity index (χ4n) is 2.70. The molecular weight excluding hydrogens is 344 g/mol. The smallest absolute Gasteiger partial charge is 0.255 e. The third-order valence-corrected chi connectivity index (χ3v) is 3.99. The van der Waals surface area contributed by atoms with E-state index in [-0.39, 0.29) is 11.8 Å². The second kappa shape index (κ2) is 8.89. The van der Waals surface area contributed by atoms with Crippen LogP contribution in [0.2, 0.25) is 0 Å². The average molecular weight is 368 g/mol. The number of hydrogen-bond donors (Lipinski definition) is 1. The molecule has 0 heterocycles. The maximum atomic E-state index is 12.8. The molecule has 2 aromatic rings. The van der Waals surface area contributed by atoms with Crippen molar-refractivity contribution in [3.05, 3.63) is 65.7 Å². The van der Waals surface area contributed by atoms with Crippen LogP contribution in [0, 0.1) is 0 Å². The van der Waals surface area contributed by atoms with E-state index in [1.165, 1.54) is 12.0 Å². The lowest BCUT2D eigenvalue weighted by molar-refractivity contribution is 0.0828. The molecule has 0 aliphatic heterocycles. The minimum absolute atomic E-state index is 0.189. The van der Waals surface area contributed by atoms with E-state index in [2.05, 4.69) is 11.9 Å². The largest absolute Gasteiger partial charge is 0.493 e. The maximum absolute atomic E-state index is 12.8. The zero-order valence-electron chi connectivity index (χ0n) is 16.0. The molecule has 0 aliphatic carbocycles. The Labute approximate surface area is 159 Å². The summed E-state index contributed by atoms with van der Waals surface area (Å²) in [6.45, 7) is 3.74. The SMILES string of the molecule is C=CCc1cc(C(=O)Nc2ccccc2C(=O)N(C)C)cc(OC)c1OC. The molecule has 0 bridgehead atoms. The highest BCUT2D eigenvalue weighted by Gasteiger charge is 2.18. The third-order valence-electron chi connectivity index (χ3n) is 3.99. The summed E-state index contributed by atoms with van der Waals surface area (Å²) in [4.78, 5) is 26.6. The van der Waals surface area contributed by atoms with Crippen LogP contribution in [0.5, 0.6) is 11.5 Å². The Kier molecular flexibility index (Phi) is 6.60. The number of hydrogen-bond acceptors (Lipinski definition) is 4. The number of allylic oxidation sites excluding steroid dienone is 1. The first-order valence-electron chi connectivity index (χ1n) is 8.40. The van der Waals surface area contributed by atoms with Gasteiger partial charge in [0.05, 0.1) is 25.5 Å². The first kappa shape index (κ1) is 20.0. The molecule has 0 fully saturated rings. The maximum Gasteiger partial charge on any atom is 0.255 e. The van der Waals surface area contributed by atoms with Crippen LogP contribution < -0.4 is 14.8 Å². The first-order chi connectivity index (χ1) is 12.9. The molecule has 0 saturated carbocycles. The van der Waals surface area contributed by atoms with Crippen LogP contribution in [0.25, 0.3) is 0 Å². The van der Waals surface area contributed by atoms with Crippen LogP contribution in [0.1, 0.15) is 26.3 Å². The van der Waals surface area contributed by atoms with Crippen molar-refractivity contribution in [2.75, 3.05) is 33.6 Å². The van der Waals surface area contributed by atoms with Gasteiger partial charge in [0.15, 0.2) is 11.5 Å². The minimum atomic E-state index is -0.347. The van der Waals surface area contributed by atoms with Gasteiger partial charge in [0, 0.05) is 25.2 Å². The third kappa shape index (κ3) is 4.47. The normalized spacial score (nSPS) is 10.1. The predicted octanol–water partition coefficient (Wildman–Crippen LogP) is 3.39.